The largest absolute Gasteiger partial charge is 0.711 e. The molecule has 0 radical (unpaired) electrons. The number of hydrogen-bond acceptors (Lipinski definition) is 10. The lowest BCUT2D eigenvalue weighted by Gasteiger charge is -2.32. The van der Waals surface area contributed by atoms with Crippen LogP contribution in [0.2, 0.25) is 0 Å². The summed E-state index contributed by atoms with van der Waals surface area (Å²) in [7, 11) is 2.10. The van der Waals surface area contributed by atoms with Gasteiger partial charge in [0.25, 0.3) is 5.82 Å². The minimum Gasteiger partial charge on any atom is -0.711 e. The molecule has 5 rings (SSSR count). The van der Waals surface area contributed by atoms with E-state index in [1.165, 1.54) is 6.20 Å². The van der Waals surface area contributed by atoms with Gasteiger partial charge in [-0.25, -0.2) is 19.6 Å². The first-order chi connectivity index (χ1) is 21.4. The third-order valence-corrected chi connectivity index (χ3v) is 8.06. The average molecular weight is 624 g/mol. The fourth-order valence-corrected chi connectivity index (χ4v) is 5.52. The Morgan fingerprint density at radius 1 is 1.13 bits per heavy atom. The number of rotatable bonds is 8. The van der Waals surface area contributed by atoms with Crippen LogP contribution in [0.5, 0.6) is 6.01 Å². The molecule has 14 nitrogen and oxygen atoms in total. The third kappa shape index (κ3) is 8.10. The molecule has 3 aromatic rings. The van der Waals surface area contributed by atoms with E-state index >= 15 is 0 Å². The molecule has 2 aliphatic rings. The summed E-state index contributed by atoms with van der Waals surface area (Å²) in [5, 5.41) is 23.4. The van der Waals surface area contributed by atoms with Gasteiger partial charge in [0.05, 0.1) is 18.3 Å². The summed E-state index contributed by atoms with van der Waals surface area (Å²) in [6.07, 6.45) is 5.91. The number of amides is 2. The van der Waals surface area contributed by atoms with Gasteiger partial charge in [-0.1, -0.05) is 13.8 Å². The molecule has 2 amide bonds. The van der Waals surface area contributed by atoms with Gasteiger partial charge in [0.15, 0.2) is 5.65 Å². The third-order valence-electron chi connectivity index (χ3n) is 8.06. The van der Waals surface area contributed by atoms with Crippen molar-refractivity contribution < 1.29 is 23.8 Å². The van der Waals surface area contributed by atoms with E-state index < -0.39 is 17.6 Å². The van der Waals surface area contributed by atoms with Crippen LogP contribution in [0, 0.1) is 11.1 Å². The number of piperidine rings is 2. The molecule has 0 aliphatic carbocycles. The average Bonchev–Trinajstić information content (AvgIpc) is 3.42. The maximum Gasteiger partial charge on any atom is 0.410 e. The molecule has 244 valence electrons. The number of nitrogens with one attached hydrogen (secondary N) is 2. The lowest BCUT2D eigenvalue weighted by molar-refractivity contribution is -0.590. The van der Waals surface area contributed by atoms with Gasteiger partial charge in [-0.2, -0.15) is 19.6 Å². The molecule has 5 heterocycles. The molecule has 1 unspecified atom stereocenters. The molecule has 0 bridgehead atoms. The van der Waals surface area contributed by atoms with E-state index in [0.717, 1.165) is 31.5 Å². The molecule has 1 atom stereocenters. The molecule has 0 saturated carbocycles. The van der Waals surface area contributed by atoms with E-state index in [2.05, 4.69) is 46.5 Å². The predicted molar refractivity (Wildman–Crippen MR) is 168 cm³/mol. The Hall–Kier alpha value is -4.20. The second-order valence-corrected chi connectivity index (χ2v) is 13.3. The monoisotopic (exact) mass is 623 g/mol. The van der Waals surface area contributed by atoms with Gasteiger partial charge in [-0.05, 0) is 65.5 Å². The number of likely N-dealkylation sites (tertiary alicyclic amines) is 2. The van der Waals surface area contributed by atoms with Crippen molar-refractivity contribution in [2.45, 2.75) is 84.5 Å². The molecule has 0 spiro atoms. The topological polar surface area (TPSA) is 153 Å². The van der Waals surface area contributed by atoms with E-state index in [1.807, 2.05) is 20.8 Å². The van der Waals surface area contributed by atoms with Gasteiger partial charge in [0.2, 0.25) is 5.95 Å². The lowest BCUT2D eigenvalue weighted by atomic mass is 9.97. The SMILES string of the molecule is CC(C)c1cnn2c(NCc3ccc(NC(=O)C4CCCN(C(=O)OC(C)(C)C)C4)[n+]([O-])c3)nc(OC3CCN(C)CC3)nc12. The van der Waals surface area contributed by atoms with Gasteiger partial charge in [0.1, 0.15) is 11.7 Å². The predicted octanol–water partition coefficient (Wildman–Crippen LogP) is 3.55. The smallest absolute Gasteiger partial charge is 0.410 e. The highest BCUT2D eigenvalue weighted by molar-refractivity contribution is 5.91. The number of aromatic nitrogens is 5. The zero-order chi connectivity index (χ0) is 32.3. The van der Waals surface area contributed by atoms with Crippen LogP contribution in [-0.4, -0.2) is 86.3 Å². The highest BCUT2D eigenvalue weighted by atomic mass is 16.6. The summed E-state index contributed by atoms with van der Waals surface area (Å²) in [5.74, 6) is 0.0292. The fourth-order valence-electron chi connectivity index (χ4n) is 5.52. The van der Waals surface area contributed by atoms with Crippen molar-refractivity contribution in [1.82, 2.24) is 29.4 Å². The van der Waals surface area contributed by atoms with Gasteiger partial charge >= 0.3 is 18.0 Å². The Balaban J connectivity index is 1.24. The zero-order valence-electron chi connectivity index (χ0n) is 27.1. The molecule has 14 heteroatoms. The van der Waals surface area contributed by atoms with Crippen LogP contribution in [0.15, 0.2) is 24.5 Å². The summed E-state index contributed by atoms with van der Waals surface area (Å²) < 4.78 is 14.0. The van der Waals surface area contributed by atoms with Crippen LogP contribution < -0.4 is 20.1 Å². The van der Waals surface area contributed by atoms with Crippen molar-refractivity contribution in [2.75, 3.05) is 43.9 Å². The first kappa shape index (κ1) is 32.2. The normalized spacial score (nSPS) is 18.3. The Labute approximate surface area is 263 Å². The molecule has 3 aromatic heterocycles. The van der Waals surface area contributed by atoms with Crippen LogP contribution >= 0.6 is 0 Å². The maximum atomic E-state index is 13.0. The molecular formula is C31H45N9O5. The van der Waals surface area contributed by atoms with E-state index in [-0.39, 0.29) is 36.8 Å². The van der Waals surface area contributed by atoms with Crippen molar-refractivity contribution >= 4 is 29.4 Å². The summed E-state index contributed by atoms with van der Waals surface area (Å²) in [5.41, 5.74) is 1.72. The van der Waals surface area contributed by atoms with Crippen LogP contribution in [0.3, 0.4) is 0 Å². The number of carbonyl (C=O) groups is 2. The Morgan fingerprint density at radius 2 is 1.89 bits per heavy atom. The van der Waals surface area contributed by atoms with Crippen LogP contribution in [0.1, 0.15) is 77.3 Å². The maximum absolute atomic E-state index is 13.0. The van der Waals surface area contributed by atoms with Gasteiger partial charge in [-0.15, -0.1) is 0 Å². The van der Waals surface area contributed by atoms with E-state index in [9.17, 15) is 14.8 Å². The molecule has 2 saturated heterocycles. The van der Waals surface area contributed by atoms with E-state index in [1.54, 1.807) is 27.7 Å². The molecular weight excluding hydrogens is 578 g/mol. The van der Waals surface area contributed by atoms with Gasteiger partial charge < -0.3 is 29.8 Å². The zero-order valence-corrected chi connectivity index (χ0v) is 27.1. The standard InChI is InChI=1S/C31H45N9O5/c1-20(2)24-17-33-40-26(24)35-29(44-23-11-14-37(6)15-12-23)36-28(40)32-16-21-9-10-25(39(43)18-21)34-27(41)22-8-7-13-38(19-22)30(42)45-31(3,4)5/h9-10,17-18,20,22-23H,7-8,11-16,19H2,1-6H3,(H,34,41)(H,32,35,36). The van der Waals surface area contributed by atoms with E-state index in [4.69, 9.17) is 14.5 Å². The Morgan fingerprint density at radius 3 is 2.58 bits per heavy atom. The fraction of sp³-hybridized carbons (Fsp3) is 0.613. The highest BCUT2D eigenvalue weighted by Crippen LogP contribution is 2.25. The summed E-state index contributed by atoms with van der Waals surface area (Å²) in [4.78, 5) is 38.7. The van der Waals surface area contributed by atoms with Crippen LogP contribution in [-0.2, 0) is 16.1 Å². The number of anilines is 2. The molecule has 2 aliphatic heterocycles. The number of nitrogens with zero attached hydrogens (tertiary/aromatic N) is 7. The van der Waals surface area contributed by atoms with Crippen molar-refractivity contribution in [1.29, 1.82) is 0 Å². The quantitative estimate of drug-likeness (QED) is 0.281. The Bertz CT molecular complexity index is 1510. The number of hydrogen-bond donors (Lipinski definition) is 2. The first-order valence-electron chi connectivity index (χ1n) is 15.7. The first-order valence-corrected chi connectivity index (χ1v) is 15.7. The molecule has 0 aromatic carbocycles. The minimum atomic E-state index is -0.617. The highest BCUT2D eigenvalue weighted by Gasteiger charge is 2.33. The van der Waals surface area contributed by atoms with Gasteiger partial charge in [-0.3, -0.25) is 0 Å². The summed E-state index contributed by atoms with van der Waals surface area (Å²) >= 11 is 0. The van der Waals surface area contributed by atoms with Crippen molar-refractivity contribution in [2.24, 2.45) is 5.92 Å². The molecule has 2 fully saturated rings. The second-order valence-electron chi connectivity index (χ2n) is 13.3. The number of ether oxygens (including phenoxy) is 2. The lowest BCUT2D eigenvalue weighted by Crippen LogP contribution is -2.46. The summed E-state index contributed by atoms with van der Waals surface area (Å²) in [6, 6.07) is 3.64. The van der Waals surface area contributed by atoms with Gasteiger partial charge in [0, 0.05) is 49.9 Å². The number of fused-ring (bicyclic) bond motifs is 1. The summed E-state index contributed by atoms with van der Waals surface area (Å²) in [6.45, 7) is 12.6. The van der Waals surface area contributed by atoms with Crippen LogP contribution in [0.4, 0.5) is 16.6 Å². The number of carbonyl (C=O) groups excluding carboxylic acids is 2. The molecule has 45 heavy (non-hydrogen) atoms. The van der Waals surface area contributed by atoms with Crippen molar-refractivity contribution in [3.8, 4) is 6.01 Å². The van der Waals surface area contributed by atoms with Crippen LogP contribution in [0.25, 0.3) is 5.65 Å². The number of pyridine rings is 1. The minimum absolute atomic E-state index is 0.0399. The van der Waals surface area contributed by atoms with Crippen molar-refractivity contribution in [3.05, 3.63) is 40.9 Å². The molecule has 2 N–H and O–H groups in total. The van der Waals surface area contributed by atoms with Crippen molar-refractivity contribution in [3.63, 3.8) is 0 Å². The second kappa shape index (κ2) is 13.4. The van der Waals surface area contributed by atoms with E-state index in [0.29, 0.717) is 47.3 Å². The Kier molecular flexibility index (Phi) is 9.61.